The third-order valence-corrected chi connectivity index (χ3v) is 4.31. The van der Waals surface area contributed by atoms with Crippen molar-refractivity contribution in [3.63, 3.8) is 0 Å². The van der Waals surface area contributed by atoms with E-state index in [4.69, 9.17) is 4.74 Å². The third-order valence-electron chi connectivity index (χ3n) is 4.31. The lowest BCUT2D eigenvalue weighted by Gasteiger charge is -2.14. The number of aromatic amines is 1. The number of rotatable bonds is 4. The topological polar surface area (TPSA) is 83.1 Å². The Morgan fingerprint density at radius 2 is 2.28 bits per heavy atom. The maximum absolute atomic E-state index is 12.5. The van der Waals surface area contributed by atoms with Gasteiger partial charge in [0.05, 0.1) is 11.7 Å². The lowest BCUT2D eigenvalue weighted by atomic mass is 10.2. The molecule has 0 radical (unpaired) electrons. The number of likely N-dealkylation sites (tertiary alicyclic amines) is 1. The lowest BCUT2D eigenvalue weighted by molar-refractivity contribution is 0.102. The van der Waals surface area contributed by atoms with Crippen LogP contribution in [-0.4, -0.2) is 52.2 Å². The highest BCUT2D eigenvalue weighted by molar-refractivity contribution is 6.03. The van der Waals surface area contributed by atoms with Crippen molar-refractivity contribution in [1.29, 1.82) is 0 Å². The summed E-state index contributed by atoms with van der Waals surface area (Å²) in [6, 6.07) is 9.04. The average molecular weight is 337 g/mol. The highest BCUT2D eigenvalue weighted by atomic mass is 16.5. The number of ether oxygens (including phenoxy) is 1. The van der Waals surface area contributed by atoms with Crippen molar-refractivity contribution in [1.82, 2.24) is 20.1 Å². The fraction of sp³-hybridized carbons (Fsp3) is 0.278. The average Bonchev–Trinajstić information content (AvgIpc) is 3.23. The zero-order valence-electron chi connectivity index (χ0n) is 13.9. The molecule has 0 saturated carbocycles. The second-order valence-electron chi connectivity index (χ2n) is 6.29. The zero-order valence-corrected chi connectivity index (χ0v) is 13.9. The van der Waals surface area contributed by atoms with Gasteiger partial charge in [0.1, 0.15) is 17.5 Å². The minimum Gasteiger partial charge on any atom is -0.489 e. The van der Waals surface area contributed by atoms with E-state index in [1.54, 1.807) is 24.5 Å². The Labute approximate surface area is 145 Å². The van der Waals surface area contributed by atoms with Gasteiger partial charge in [-0.1, -0.05) is 0 Å². The summed E-state index contributed by atoms with van der Waals surface area (Å²) in [5.74, 6) is 0.405. The Bertz CT molecular complexity index is 907. The van der Waals surface area contributed by atoms with Crippen molar-refractivity contribution in [3.8, 4) is 5.75 Å². The Balaban J connectivity index is 1.46. The van der Waals surface area contributed by atoms with Gasteiger partial charge in [0.2, 0.25) is 0 Å². The smallest absolute Gasteiger partial charge is 0.274 e. The molecule has 1 saturated heterocycles. The molecule has 1 fully saturated rings. The molecule has 0 bridgehead atoms. The Kier molecular flexibility index (Phi) is 4.07. The summed E-state index contributed by atoms with van der Waals surface area (Å²) in [7, 11) is 2.08. The molecule has 1 amide bonds. The molecular formula is C18H19N5O2. The van der Waals surface area contributed by atoms with E-state index in [2.05, 4.69) is 32.4 Å². The van der Waals surface area contributed by atoms with E-state index in [0.717, 1.165) is 30.4 Å². The second-order valence-corrected chi connectivity index (χ2v) is 6.29. The van der Waals surface area contributed by atoms with E-state index < -0.39 is 0 Å². The molecule has 1 atom stereocenters. The number of fused-ring (bicyclic) bond motifs is 1. The quantitative estimate of drug-likeness (QED) is 0.763. The third kappa shape index (κ3) is 3.46. The minimum absolute atomic E-state index is 0.159. The number of benzene rings is 1. The summed E-state index contributed by atoms with van der Waals surface area (Å²) >= 11 is 0. The minimum atomic E-state index is -0.267. The van der Waals surface area contributed by atoms with Crippen LogP contribution in [0.3, 0.4) is 0 Å². The predicted octanol–water partition coefficient (Wildman–Crippen LogP) is 2.29. The van der Waals surface area contributed by atoms with Gasteiger partial charge >= 0.3 is 0 Å². The maximum Gasteiger partial charge on any atom is 0.274 e. The Morgan fingerprint density at radius 1 is 1.36 bits per heavy atom. The van der Waals surface area contributed by atoms with Crippen LogP contribution < -0.4 is 10.1 Å². The van der Waals surface area contributed by atoms with Gasteiger partial charge in [-0.05, 0) is 37.7 Å². The molecule has 2 aromatic heterocycles. The van der Waals surface area contributed by atoms with Crippen LogP contribution in [0.5, 0.6) is 5.75 Å². The van der Waals surface area contributed by atoms with Crippen LogP contribution in [0.2, 0.25) is 0 Å². The lowest BCUT2D eigenvalue weighted by Crippen LogP contribution is -2.21. The van der Waals surface area contributed by atoms with E-state index in [-0.39, 0.29) is 12.0 Å². The first kappa shape index (κ1) is 15.6. The molecule has 7 heteroatoms. The molecule has 128 valence electrons. The molecule has 1 aliphatic heterocycles. The van der Waals surface area contributed by atoms with Crippen molar-refractivity contribution in [2.24, 2.45) is 0 Å². The van der Waals surface area contributed by atoms with Gasteiger partial charge in [-0.2, -0.15) is 5.10 Å². The predicted molar refractivity (Wildman–Crippen MR) is 94.8 cm³/mol. The summed E-state index contributed by atoms with van der Waals surface area (Å²) < 4.78 is 5.96. The SMILES string of the molecule is CN1CC[C@@H](Oc2ccnc(C(=O)Nc3ccc4[nH]ncc4c3)c2)C1. The fourth-order valence-electron chi connectivity index (χ4n) is 3.01. The first-order valence-electron chi connectivity index (χ1n) is 8.23. The van der Waals surface area contributed by atoms with Gasteiger partial charge in [-0.25, -0.2) is 0 Å². The van der Waals surface area contributed by atoms with Crippen LogP contribution in [0.15, 0.2) is 42.7 Å². The molecule has 3 heterocycles. The molecule has 0 spiro atoms. The van der Waals surface area contributed by atoms with Crippen LogP contribution in [-0.2, 0) is 0 Å². The highest BCUT2D eigenvalue weighted by Crippen LogP contribution is 2.20. The second kappa shape index (κ2) is 6.52. The van der Waals surface area contributed by atoms with Gasteiger partial charge in [0, 0.05) is 36.4 Å². The molecule has 2 N–H and O–H groups in total. The van der Waals surface area contributed by atoms with E-state index in [0.29, 0.717) is 17.1 Å². The number of H-pyrrole nitrogens is 1. The summed E-state index contributed by atoms with van der Waals surface area (Å²) in [6.45, 7) is 1.92. The first-order valence-corrected chi connectivity index (χ1v) is 8.23. The number of nitrogens with zero attached hydrogens (tertiary/aromatic N) is 3. The summed E-state index contributed by atoms with van der Waals surface area (Å²) in [4.78, 5) is 18.9. The molecule has 0 unspecified atom stereocenters. The van der Waals surface area contributed by atoms with Crippen LogP contribution in [0.1, 0.15) is 16.9 Å². The van der Waals surface area contributed by atoms with E-state index in [1.165, 1.54) is 0 Å². The molecule has 0 aliphatic carbocycles. The number of amides is 1. The van der Waals surface area contributed by atoms with Gasteiger partial charge in [0.15, 0.2) is 0 Å². The Morgan fingerprint density at radius 3 is 3.12 bits per heavy atom. The number of anilines is 1. The summed E-state index contributed by atoms with van der Waals surface area (Å²) in [6.07, 6.45) is 4.47. The van der Waals surface area contributed by atoms with Crippen LogP contribution in [0.25, 0.3) is 10.9 Å². The normalized spacial score (nSPS) is 17.7. The van der Waals surface area contributed by atoms with Crippen LogP contribution in [0.4, 0.5) is 5.69 Å². The van der Waals surface area contributed by atoms with E-state index in [1.807, 2.05) is 18.2 Å². The summed E-state index contributed by atoms with van der Waals surface area (Å²) in [5.41, 5.74) is 1.95. The van der Waals surface area contributed by atoms with Crippen molar-refractivity contribution in [2.45, 2.75) is 12.5 Å². The van der Waals surface area contributed by atoms with Crippen LogP contribution in [0, 0.1) is 0 Å². The number of likely N-dealkylation sites (N-methyl/N-ethyl adjacent to an activating group) is 1. The standard InChI is InChI=1S/C18H19N5O2/c1-23-7-5-15(11-23)25-14-4-6-19-17(9-14)18(24)21-13-2-3-16-12(8-13)10-20-22-16/h2-4,6,8-10,15H,5,7,11H2,1H3,(H,20,22)(H,21,24)/t15-/m1/s1. The van der Waals surface area contributed by atoms with Crippen molar-refractivity contribution in [2.75, 3.05) is 25.5 Å². The highest BCUT2D eigenvalue weighted by Gasteiger charge is 2.21. The molecule has 25 heavy (non-hydrogen) atoms. The van der Waals surface area contributed by atoms with Gasteiger partial charge in [-0.3, -0.25) is 14.9 Å². The molecule has 3 aromatic rings. The molecular weight excluding hydrogens is 318 g/mol. The monoisotopic (exact) mass is 337 g/mol. The molecule has 7 nitrogen and oxygen atoms in total. The van der Waals surface area contributed by atoms with Gasteiger partial charge < -0.3 is 15.0 Å². The summed E-state index contributed by atoms with van der Waals surface area (Å²) in [5, 5.41) is 10.7. The maximum atomic E-state index is 12.5. The number of hydrogen-bond donors (Lipinski definition) is 2. The van der Waals surface area contributed by atoms with Gasteiger partial charge in [0.25, 0.3) is 5.91 Å². The fourth-order valence-corrected chi connectivity index (χ4v) is 3.01. The Hall–Kier alpha value is -2.93. The van der Waals surface area contributed by atoms with Gasteiger partial charge in [-0.15, -0.1) is 0 Å². The first-order chi connectivity index (χ1) is 12.2. The number of carbonyl (C=O) groups is 1. The number of carbonyl (C=O) groups excluding carboxylic acids is 1. The number of hydrogen-bond acceptors (Lipinski definition) is 5. The molecule has 1 aromatic carbocycles. The number of nitrogens with one attached hydrogen (secondary N) is 2. The molecule has 1 aliphatic rings. The van der Waals surface area contributed by atoms with Crippen molar-refractivity contribution < 1.29 is 9.53 Å². The number of aromatic nitrogens is 3. The van der Waals surface area contributed by atoms with Crippen LogP contribution >= 0.6 is 0 Å². The number of pyridine rings is 1. The van der Waals surface area contributed by atoms with E-state index in [9.17, 15) is 4.79 Å². The molecule has 4 rings (SSSR count). The van der Waals surface area contributed by atoms with Crippen molar-refractivity contribution in [3.05, 3.63) is 48.4 Å². The van der Waals surface area contributed by atoms with E-state index >= 15 is 0 Å². The largest absolute Gasteiger partial charge is 0.489 e. The van der Waals surface area contributed by atoms with Crippen molar-refractivity contribution >= 4 is 22.5 Å². The zero-order chi connectivity index (χ0) is 17.2.